The van der Waals surface area contributed by atoms with E-state index in [9.17, 15) is 4.79 Å². The topological polar surface area (TPSA) is 23.6 Å². The van der Waals surface area contributed by atoms with E-state index in [4.69, 9.17) is 0 Å². The van der Waals surface area contributed by atoms with Crippen LogP contribution in [0.3, 0.4) is 0 Å². The molecule has 1 aromatic heterocycles. The van der Waals surface area contributed by atoms with Gasteiger partial charge in [0.1, 0.15) is 0 Å². The van der Waals surface area contributed by atoms with Gasteiger partial charge in [-0.05, 0) is 86.5 Å². The van der Waals surface area contributed by atoms with Gasteiger partial charge in [-0.1, -0.05) is 31.0 Å². The summed E-state index contributed by atoms with van der Waals surface area (Å²) >= 11 is 1.60. The van der Waals surface area contributed by atoms with Crippen molar-refractivity contribution in [1.82, 2.24) is 4.90 Å². The third-order valence-electron chi connectivity index (χ3n) is 7.63. The lowest BCUT2D eigenvalue weighted by molar-refractivity contribution is 0.0111. The number of hydrogen-bond donors (Lipinski definition) is 0. The number of likely N-dealkylation sites (tertiary alicyclic amines) is 1. The minimum absolute atomic E-state index is 0. The Kier molecular flexibility index (Phi) is 6.86. The number of rotatable bonds is 5. The first-order valence-electron chi connectivity index (χ1n) is 11.4. The zero-order valence-electron chi connectivity index (χ0n) is 17.7. The number of para-hydroxylation sites is 1. The van der Waals surface area contributed by atoms with Crippen LogP contribution in [0.25, 0.3) is 0 Å². The molecule has 1 saturated heterocycles. The Labute approximate surface area is 190 Å². The molecule has 162 valence electrons. The number of carbonyl (C=O) groups excluding carboxylic acids is 1. The summed E-state index contributed by atoms with van der Waals surface area (Å²) in [6.07, 6.45) is 10.7. The van der Waals surface area contributed by atoms with Crippen molar-refractivity contribution in [3.05, 3.63) is 52.7 Å². The Bertz CT molecular complexity index is 803. The average molecular weight is 445 g/mol. The van der Waals surface area contributed by atoms with Crippen LogP contribution in [0.15, 0.2) is 47.2 Å². The molecular weight excluding hydrogens is 412 g/mol. The molecule has 2 heterocycles. The lowest BCUT2D eigenvalue weighted by atomic mass is 9.60. The zero-order chi connectivity index (χ0) is 19.7. The summed E-state index contributed by atoms with van der Waals surface area (Å²) in [5, 5.41) is 3.98. The fourth-order valence-corrected chi connectivity index (χ4v) is 6.54. The SMILES string of the molecule is Cl.O=C(c1ccsc1)N(c1ccccc1)C1CC2(CCN(CC3CCCC3)CC2)C1. The van der Waals surface area contributed by atoms with Crippen molar-refractivity contribution in [3.8, 4) is 0 Å². The molecule has 5 heteroatoms. The van der Waals surface area contributed by atoms with Gasteiger partial charge in [-0.3, -0.25) is 4.79 Å². The summed E-state index contributed by atoms with van der Waals surface area (Å²) in [4.78, 5) is 18.1. The Hall–Kier alpha value is -1.36. The van der Waals surface area contributed by atoms with Crippen LogP contribution in [-0.4, -0.2) is 36.5 Å². The molecular formula is C25H33ClN2OS. The second-order valence-electron chi connectivity index (χ2n) is 9.54. The van der Waals surface area contributed by atoms with Crippen LogP contribution in [0.2, 0.25) is 0 Å². The summed E-state index contributed by atoms with van der Waals surface area (Å²) in [7, 11) is 0. The van der Waals surface area contributed by atoms with Crippen molar-refractivity contribution in [2.75, 3.05) is 24.5 Å². The van der Waals surface area contributed by atoms with E-state index in [1.807, 2.05) is 35.0 Å². The molecule has 5 rings (SSSR count). The molecule has 2 aliphatic carbocycles. The number of piperidine rings is 1. The van der Waals surface area contributed by atoms with Crippen molar-refractivity contribution < 1.29 is 4.79 Å². The summed E-state index contributed by atoms with van der Waals surface area (Å²) in [6.45, 7) is 3.84. The average Bonchev–Trinajstić information content (AvgIpc) is 3.43. The molecule has 0 N–H and O–H groups in total. The number of thiophene rings is 1. The van der Waals surface area contributed by atoms with Gasteiger partial charge in [0.25, 0.3) is 5.91 Å². The lowest BCUT2D eigenvalue weighted by Crippen LogP contribution is -2.56. The first-order chi connectivity index (χ1) is 14.2. The Balaban J connectivity index is 0.00000218. The van der Waals surface area contributed by atoms with Gasteiger partial charge in [-0.15, -0.1) is 12.4 Å². The number of carbonyl (C=O) groups is 1. The van der Waals surface area contributed by atoms with Gasteiger partial charge < -0.3 is 9.80 Å². The van der Waals surface area contributed by atoms with E-state index in [0.29, 0.717) is 11.5 Å². The third kappa shape index (κ3) is 4.46. The van der Waals surface area contributed by atoms with Gasteiger partial charge in [0, 0.05) is 23.7 Å². The molecule has 0 atom stereocenters. The minimum atomic E-state index is 0. The highest BCUT2D eigenvalue weighted by Crippen LogP contribution is 2.52. The van der Waals surface area contributed by atoms with Gasteiger partial charge in [-0.25, -0.2) is 0 Å². The molecule has 2 aromatic rings. The van der Waals surface area contributed by atoms with E-state index >= 15 is 0 Å². The van der Waals surface area contributed by atoms with Crippen LogP contribution in [0.4, 0.5) is 5.69 Å². The van der Waals surface area contributed by atoms with Crippen LogP contribution in [-0.2, 0) is 0 Å². The standard InChI is InChI=1S/C25H32N2OS.ClH/c28-24(21-10-15-29-19-21)27(22-8-2-1-3-9-22)23-16-25(17-23)11-13-26(14-12-25)18-20-6-4-5-7-20;/h1-3,8-10,15,19-20,23H,4-7,11-14,16-18H2;1H. The highest BCUT2D eigenvalue weighted by atomic mass is 35.5. The highest BCUT2D eigenvalue weighted by Gasteiger charge is 2.49. The largest absolute Gasteiger partial charge is 0.305 e. The normalized spacial score (nSPS) is 21.9. The first-order valence-corrected chi connectivity index (χ1v) is 12.3. The molecule has 3 nitrogen and oxygen atoms in total. The molecule has 1 aliphatic heterocycles. The fourth-order valence-electron chi connectivity index (χ4n) is 5.91. The Morgan fingerprint density at radius 2 is 1.77 bits per heavy atom. The quantitative estimate of drug-likeness (QED) is 0.544. The maximum Gasteiger partial charge on any atom is 0.259 e. The minimum Gasteiger partial charge on any atom is -0.305 e. The second-order valence-corrected chi connectivity index (χ2v) is 10.3. The van der Waals surface area contributed by atoms with E-state index in [-0.39, 0.29) is 18.3 Å². The number of amides is 1. The van der Waals surface area contributed by atoms with E-state index in [1.165, 1.54) is 58.2 Å². The third-order valence-corrected chi connectivity index (χ3v) is 8.31. The van der Waals surface area contributed by atoms with E-state index in [1.54, 1.807) is 11.3 Å². The van der Waals surface area contributed by atoms with Crippen LogP contribution in [0.1, 0.15) is 61.7 Å². The second kappa shape index (κ2) is 9.42. The predicted octanol–water partition coefficient (Wildman–Crippen LogP) is 6.25. The molecule has 0 radical (unpaired) electrons. The molecule has 3 fully saturated rings. The molecule has 1 amide bonds. The summed E-state index contributed by atoms with van der Waals surface area (Å²) < 4.78 is 0. The number of nitrogens with zero attached hydrogens (tertiary/aromatic N) is 2. The van der Waals surface area contributed by atoms with E-state index in [0.717, 1.165) is 30.0 Å². The molecule has 0 unspecified atom stereocenters. The van der Waals surface area contributed by atoms with Crippen molar-refractivity contribution in [2.45, 2.75) is 57.4 Å². The molecule has 2 saturated carbocycles. The predicted molar refractivity (Wildman–Crippen MR) is 128 cm³/mol. The van der Waals surface area contributed by atoms with Gasteiger partial charge in [0.2, 0.25) is 0 Å². The van der Waals surface area contributed by atoms with E-state index < -0.39 is 0 Å². The number of halogens is 1. The number of hydrogen-bond acceptors (Lipinski definition) is 3. The monoisotopic (exact) mass is 444 g/mol. The maximum absolute atomic E-state index is 13.3. The van der Waals surface area contributed by atoms with Crippen LogP contribution in [0, 0.1) is 11.3 Å². The van der Waals surface area contributed by atoms with Gasteiger partial charge >= 0.3 is 0 Å². The fraction of sp³-hybridized carbons (Fsp3) is 0.560. The molecule has 3 aliphatic rings. The van der Waals surface area contributed by atoms with Crippen molar-refractivity contribution >= 4 is 35.3 Å². The summed E-state index contributed by atoms with van der Waals surface area (Å²) in [6, 6.07) is 12.6. The van der Waals surface area contributed by atoms with Crippen LogP contribution in [0.5, 0.6) is 0 Å². The lowest BCUT2D eigenvalue weighted by Gasteiger charge is -2.55. The van der Waals surface area contributed by atoms with E-state index in [2.05, 4.69) is 21.9 Å². The van der Waals surface area contributed by atoms with Crippen LogP contribution < -0.4 is 4.90 Å². The number of anilines is 1. The number of benzene rings is 1. The Morgan fingerprint density at radius 3 is 2.40 bits per heavy atom. The maximum atomic E-state index is 13.3. The van der Waals surface area contributed by atoms with Crippen molar-refractivity contribution in [1.29, 1.82) is 0 Å². The molecule has 1 aromatic carbocycles. The van der Waals surface area contributed by atoms with Crippen LogP contribution >= 0.6 is 23.7 Å². The summed E-state index contributed by atoms with van der Waals surface area (Å²) in [5.41, 5.74) is 2.34. The van der Waals surface area contributed by atoms with Crippen molar-refractivity contribution in [2.24, 2.45) is 11.3 Å². The summed E-state index contributed by atoms with van der Waals surface area (Å²) in [5.74, 6) is 1.12. The molecule has 30 heavy (non-hydrogen) atoms. The van der Waals surface area contributed by atoms with Gasteiger partial charge in [0.15, 0.2) is 0 Å². The molecule has 0 bridgehead atoms. The first kappa shape index (κ1) is 21.9. The smallest absolute Gasteiger partial charge is 0.259 e. The van der Waals surface area contributed by atoms with Crippen molar-refractivity contribution in [3.63, 3.8) is 0 Å². The molecule has 1 spiro atoms. The Morgan fingerprint density at radius 1 is 1.07 bits per heavy atom. The van der Waals surface area contributed by atoms with Gasteiger partial charge in [-0.2, -0.15) is 11.3 Å². The van der Waals surface area contributed by atoms with Gasteiger partial charge in [0.05, 0.1) is 5.56 Å². The highest BCUT2D eigenvalue weighted by molar-refractivity contribution is 7.08. The zero-order valence-corrected chi connectivity index (χ0v) is 19.3.